The van der Waals surface area contributed by atoms with Gasteiger partial charge in [-0.1, -0.05) is 0 Å². The van der Waals surface area contributed by atoms with Gasteiger partial charge < -0.3 is 19.9 Å². The van der Waals surface area contributed by atoms with Gasteiger partial charge in [-0.15, -0.1) is 0 Å². The number of rotatable bonds is 2. The van der Waals surface area contributed by atoms with Crippen LogP contribution in [0.3, 0.4) is 0 Å². The Kier molecular flexibility index (Phi) is 7.69. The molecule has 1 aliphatic rings. The average Bonchev–Trinajstić information content (AvgIpc) is 2.36. The normalized spacial score (nSPS) is 22.2. The number of nitrogens with one attached hydrogen (secondary N) is 1. The lowest BCUT2D eigenvalue weighted by atomic mass is 9.95. The summed E-state index contributed by atoms with van der Waals surface area (Å²) in [5.74, 6) is -1.46. The van der Waals surface area contributed by atoms with Gasteiger partial charge in [0.2, 0.25) is 0 Å². The largest absolute Gasteiger partial charge is 0.481 e. The summed E-state index contributed by atoms with van der Waals surface area (Å²) in [6.45, 7) is 1.56. The van der Waals surface area contributed by atoms with E-state index in [9.17, 15) is 9.59 Å². The van der Waals surface area contributed by atoms with Gasteiger partial charge in [-0.05, 0) is 12.8 Å². The summed E-state index contributed by atoms with van der Waals surface area (Å²) in [4.78, 5) is 31.2. The lowest BCUT2D eigenvalue weighted by Gasteiger charge is -2.26. The van der Waals surface area contributed by atoms with Gasteiger partial charge in [0, 0.05) is 13.5 Å². The number of aliphatic carboxylic acids is 1. The number of ether oxygens (including phenoxy) is 2. The summed E-state index contributed by atoms with van der Waals surface area (Å²) in [5.41, 5.74) is 0. The highest BCUT2D eigenvalue weighted by molar-refractivity contribution is 5.77. The SMILES string of the molecule is CC(=O)O.COC(=O)[C@@H]1CC[C@H](C(=O)OC)NC1. The van der Waals surface area contributed by atoms with Crippen LogP contribution < -0.4 is 5.32 Å². The zero-order chi connectivity index (χ0) is 14.1. The summed E-state index contributed by atoms with van der Waals surface area (Å²) in [6, 6.07) is -0.277. The minimum atomic E-state index is -0.833. The van der Waals surface area contributed by atoms with E-state index < -0.39 is 5.97 Å². The van der Waals surface area contributed by atoms with Crippen molar-refractivity contribution < 1.29 is 29.0 Å². The molecular weight excluding hydrogens is 242 g/mol. The number of piperidine rings is 1. The fourth-order valence-electron chi connectivity index (χ4n) is 1.57. The second-order valence-electron chi connectivity index (χ2n) is 3.80. The summed E-state index contributed by atoms with van der Waals surface area (Å²) in [7, 11) is 2.73. The van der Waals surface area contributed by atoms with Crippen LogP contribution in [0.2, 0.25) is 0 Å². The van der Waals surface area contributed by atoms with Gasteiger partial charge in [0.15, 0.2) is 0 Å². The minimum absolute atomic E-state index is 0.138. The molecular formula is C11H19NO6. The van der Waals surface area contributed by atoms with Crippen LogP contribution in [0.4, 0.5) is 0 Å². The van der Waals surface area contributed by atoms with E-state index >= 15 is 0 Å². The number of carboxylic acid groups (broad SMARTS) is 1. The Balaban J connectivity index is 0.000000631. The van der Waals surface area contributed by atoms with Crippen molar-refractivity contribution in [3.8, 4) is 0 Å². The summed E-state index contributed by atoms with van der Waals surface area (Å²) < 4.78 is 9.21. The lowest BCUT2D eigenvalue weighted by Crippen LogP contribution is -2.46. The zero-order valence-corrected chi connectivity index (χ0v) is 10.8. The van der Waals surface area contributed by atoms with Crippen LogP contribution >= 0.6 is 0 Å². The van der Waals surface area contributed by atoms with E-state index in [0.717, 1.165) is 6.92 Å². The molecule has 0 amide bonds. The van der Waals surface area contributed by atoms with Crippen LogP contribution in [0, 0.1) is 5.92 Å². The van der Waals surface area contributed by atoms with E-state index in [0.29, 0.717) is 19.4 Å². The van der Waals surface area contributed by atoms with Gasteiger partial charge in [-0.2, -0.15) is 0 Å². The molecule has 2 N–H and O–H groups in total. The monoisotopic (exact) mass is 261 g/mol. The molecule has 0 aromatic rings. The number of carbonyl (C=O) groups is 3. The van der Waals surface area contributed by atoms with Gasteiger partial charge in [-0.3, -0.25) is 14.4 Å². The molecule has 0 bridgehead atoms. The Hall–Kier alpha value is -1.63. The number of carboxylic acids is 1. The predicted molar refractivity (Wildman–Crippen MR) is 61.9 cm³/mol. The van der Waals surface area contributed by atoms with E-state index in [1.54, 1.807) is 0 Å². The third kappa shape index (κ3) is 6.19. The minimum Gasteiger partial charge on any atom is -0.481 e. The molecule has 0 unspecified atom stereocenters. The summed E-state index contributed by atoms with van der Waals surface area (Å²) >= 11 is 0. The fourth-order valence-corrected chi connectivity index (χ4v) is 1.57. The molecule has 1 fully saturated rings. The number of hydrogen-bond acceptors (Lipinski definition) is 6. The second kappa shape index (κ2) is 8.46. The van der Waals surface area contributed by atoms with Crippen LogP contribution in [0.5, 0.6) is 0 Å². The Morgan fingerprint density at radius 3 is 1.94 bits per heavy atom. The molecule has 0 aromatic carbocycles. The molecule has 1 rings (SSSR count). The van der Waals surface area contributed by atoms with Crippen molar-refractivity contribution >= 4 is 17.9 Å². The Labute approximate surface area is 105 Å². The molecule has 104 valence electrons. The van der Waals surface area contributed by atoms with Crippen molar-refractivity contribution in [2.24, 2.45) is 5.92 Å². The molecule has 0 radical (unpaired) electrons. The van der Waals surface area contributed by atoms with E-state index in [2.05, 4.69) is 14.8 Å². The highest BCUT2D eigenvalue weighted by Crippen LogP contribution is 2.16. The van der Waals surface area contributed by atoms with Crippen LogP contribution in [-0.4, -0.2) is 49.8 Å². The standard InChI is InChI=1S/C9H15NO4.C2H4O2/c1-13-8(11)6-3-4-7(10-5-6)9(12)14-2;1-2(3)4/h6-7,10H,3-5H2,1-2H3;1H3,(H,3,4)/t6-,7-;/m1./s1. The number of esters is 2. The molecule has 0 aromatic heterocycles. The maximum absolute atomic E-state index is 11.1. The first kappa shape index (κ1) is 16.4. The molecule has 18 heavy (non-hydrogen) atoms. The van der Waals surface area contributed by atoms with Crippen molar-refractivity contribution in [2.75, 3.05) is 20.8 Å². The first-order valence-corrected chi connectivity index (χ1v) is 5.51. The Morgan fingerprint density at radius 1 is 1.11 bits per heavy atom. The lowest BCUT2D eigenvalue weighted by molar-refractivity contribution is -0.149. The van der Waals surface area contributed by atoms with Gasteiger partial charge in [0.05, 0.1) is 20.1 Å². The van der Waals surface area contributed by atoms with E-state index in [1.807, 2.05) is 0 Å². The molecule has 0 spiro atoms. The number of carbonyl (C=O) groups excluding carboxylic acids is 2. The maximum atomic E-state index is 11.1. The molecule has 1 heterocycles. The summed E-state index contributed by atoms with van der Waals surface area (Å²) in [6.07, 6.45) is 1.28. The van der Waals surface area contributed by atoms with Crippen molar-refractivity contribution in [3.63, 3.8) is 0 Å². The maximum Gasteiger partial charge on any atom is 0.322 e. The van der Waals surface area contributed by atoms with Gasteiger partial charge in [-0.25, -0.2) is 0 Å². The molecule has 1 aliphatic heterocycles. The predicted octanol–water partition coefficient (Wildman–Crippen LogP) is -0.208. The van der Waals surface area contributed by atoms with Crippen LogP contribution in [-0.2, 0) is 23.9 Å². The van der Waals surface area contributed by atoms with Gasteiger partial charge >= 0.3 is 11.9 Å². The molecule has 2 atom stereocenters. The zero-order valence-electron chi connectivity index (χ0n) is 10.8. The summed E-state index contributed by atoms with van der Waals surface area (Å²) in [5, 5.41) is 10.4. The average molecular weight is 261 g/mol. The molecule has 0 aliphatic carbocycles. The van der Waals surface area contributed by atoms with E-state index in [4.69, 9.17) is 9.90 Å². The number of hydrogen-bond donors (Lipinski definition) is 2. The topological polar surface area (TPSA) is 102 Å². The number of methoxy groups -OCH3 is 2. The van der Waals surface area contributed by atoms with Gasteiger partial charge in [0.25, 0.3) is 5.97 Å². The van der Waals surface area contributed by atoms with Crippen molar-refractivity contribution in [1.82, 2.24) is 5.32 Å². The van der Waals surface area contributed by atoms with E-state index in [-0.39, 0.29) is 23.9 Å². The van der Waals surface area contributed by atoms with Crippen molar-refractivity contribution in [2.45, 2.75) is 25.8 Å². The van der Waals surface area contributed by atoms with Crippen molar-refractivity contribution in [3.05, 3.63) is 0 Å². The Morgan fingerprint density at radius 2 is 1.61 bits per heavy atom. The highest BCUT2D eigenvalue weighted by Gasteiger charge is 2.30. The van der Waals surface area contributed by atoms with Gasteiger partial charge in [0.1, 0.15) is 6.04 Å². The fraction of sp³-hybridized carbons (Fsp3) is 0.727. The Bertz CT molecular complexity index is 268. The molecule has 0 saturated carbocycles. The third-order valence-corrected chi connectivity index (χ3v) is 2.43. The smallest absolute Gasteiger partial charge is 0.322 e. The van der Waals surface area contributed by atoms with E-state index in [1.165, 1.54) is 14.2 Å². The molecule has 7 heteroatoms. The quantitative estimate of drug-likeness (QED) is 0.663. The molecule has 1 saturated heterocycles. The molecule has 7 nitrogen and oxygen atoms in total. The van der Waals surface area contributed by atoms with Crippen LogP contribution in [0.15, 0.2) is 0 Å². The highest BCUT2D eigenvalue weighted by atomic mass is 16.5. The first-order valence-electron chi connectivity index (χ1n) is 5.51. The van der Waals surface area contributed by atoms with Crippen molar-refractivity contribution in [1.29, 1.82) is 0 Å². The van der Waals surface area contributed by atoms with Crippen LogP contribution in [0.25, 0.3) is 0 Å². The third-order valence-electron chi connectivity index (χ3n) is 2.43. The first-order chi connectivity index (χ1) is 8.42. The van der Waals surface area contributed by atoms with Crippen LogP contribution in [0.1, 0.15) is 19.8 Å². The second-order valence-corrected chi connectivity index (χ2v) is 3.80.